The van der Waals surface area contributed by atoms with Crippen LogP contribution >= 0.6 is 0 Å². The van der Waals surface area contributed by atoms with Crippen molar-refractivity contribution in [3.63, 3.8) is 0 Å². The van der Waals surface area contributed by atoms with Crippen molar-refractivity contribution >= 4 is 33.7 Å². The van der Waals surface area contributed by atoms with Crippen LogP contribution in [0.1, 0.15) is 6.92 Å². The lowest BCUT2D eigenvalue weighted by Gasteiger charge is -2.11. The summed E-state index contributed by atoms with van der Waals surface area (Å²) in [6.07, 6.45) is 3.55. The molecule has 0 aliphatic carbocycles. The van der Waals surface area contributed by atoms with Crippen molar-refractivity contribution in [2.45, 2.75) is 6.92 Å². The fraction of sp³-hybridized carbons (Fsp3) is 0.143. The second-order valence-electron chi connectivity index (χ2n) is 9.20. The monoisotopic (exact) mass is 491 g/mol. The van der Waals surface area contributed by atoms with Crippen molar-refractivity contribution in [3.8, 4) is 28.3 Å². The third-order valence-corrected chi connectivity index (χ3v) is 6.73. The standard InChI is InChI=1S/C28H25N7O2/c1-17(36)30-20-7-5-6-18(12-20)19-8-10-23-22(13-19)31-27(26-15-29-16-32(26)2)35(23)21-9-11-24-25(14-21)34(4)28(37)33(24)3/h5-16H,1-4H3,(H,30,36). The maximum atomic E-state index is 12.5. The van der Waals surface area contributed by atoms with E-state index in [1.54, 1.807) is 35.8 Å². The second-order valence-corrected chi connectivity index (χ2v) is 9.20. The summed E-state index contributed by atoms with van der Waals surface area (Å²) in [5, 5.41) is 2.84. The molecule has 0 bridgehead atoms. The van der Waals surface area contributed by atoms with Crippen LogP contribution in [0.3, 0.4) is 0 Å². The Bertz CT molecular complexity index is 1900. The van der Waals surface area contributed by atoms with Crippen LogP contribution in [0.15, 0.2) is 78.0 Å². The molecule has 184 valence electrons. The van der Waals surface area contributed by atoms with E-state index < -0.39 is 0 Å². The van der Waals surface area contributed by atoms with E-state index in [-0.39, 0.29) is 11.6 Å². The van der Waals surface area contributed by atoms with E-state index in [0.717, 1.165) is 56.1 Å². The number of imidazole rings is 3. The van der Waals surface area contributed by atoms with Crippen molar-refractivity contribution in [2.24, 2.45) is 21.1 Å². The van der Waals surface area contributed by atoms with Gasteiger partial charge in [-0.25, -0.2) is 14.8 Å². The van der Waals surface area contributed by atoms with Gasteiger partial charge in [-0.1, -0.05) is 18.2 Å². The fourth-order valence-electron chi connectivity index (χ4n) is 4.88. The molecule has 0 fully saturated rings. The normalized spacial score (nSPS) is 11.5. The van der Waals surface area contributed by atoms with Gasteiger partial charge in [-0.2, -0.15) is 0 Å². The number of hydrogen-bond acceptors (Lipinski definition) is 4. The molecule has 0 radical (unpaired) electrons. The fourth-order valence-corrected chi connectivity index (χ4v) is 4.88. The van der Waals surface area contributed by atoms with E-state index in [1.807, 2.05) is 54.1 Å². The third kappa shape index (κ3) is 3.63. The minimum atomic E-state index is -0.111. The molecule has 0 unspecified atom stereocenters. The number of fused-ring (bicyclic) bond motifs is 2. The zero-order chi connectivity index (χ0) is 25.8. The van der Waals surface area contributed by atoms with Crippen molar-refractivity contribution < 1.29 is 4.79 Å². The number of amides is 1. The summed E-state index contributed by atoms with van der Waals surface area (Å²) >= 11 is 0. The van der Waals surface area contributed by atoms with E-state index in [4.69, 9.17) is 4.98 Å². The SMILES string of the molecule is CC(=O)Nc1cccc(-c2ccc3c(c2)nc(-c2cncn2C)n3-c2ccc3c(c2)n(C)c(=O)n3C)c1. The van der Waals surface area contributed by atoms with E-state index in [1.165, 1.54) is 6.92 Å². The van der Waals surface area contributed by atoms with Crippen LogP contribution < -0.4 is 11.0 Å². The average molecular weight is 492 g/mol. The van der Waals surface area contributed by atoms with Gasteiger partial charge in [0, 0.05) is 39.4 Å². The first-order valence-corrected chi connectivity index (χ1v) is 11.8. The zero-order valence-corrected chi connectivity index (χ0v) is 20.9. The van der Waals surface area contributed by atoms with Crippen LogP contribution in [0.25, 0.3) is 50.4 Å². The van der Waals surface area contributed by atoms with E-state index in [9.17, 15) is 9.59 Å². The van der Waals surface area contributed by atoms with Gasteiger partial charge in [-0.3, -0.25) is 18.5 Å². The van der Waals surface area contributed by atoms with Crippen molar-refractivity contribution in [1.82, 2.24) is 28.2 Å². The molecule has 3 aromatic heterocycles. The molecule has 0 saturated carbocycles. The Morgan fingerprint density at radius 2 is 1.62 bits per heavy atom. The molecule has 0 atom stereocenters. The van der Waals surface area contributed by atoms with E-state index in [0.29, 0.717) is 0 Å². The van der Waals surface area contributed by atoms with Crippen LogP contribution in [0.5, 0.6) is 0 Å². The molecule has 6 rings (SSSR count). The summed E-state index contributed by atoms with van der Waals surface area (Å²) in [5.74, 6) is 0.638. The number of nitrogens with zero attached hydrogens (tertiary/aromatic N) is 6. The average Bonchev–Trinajstić information content (AvgIpc) is 3.54. The van der Waals surface area contributed by atoms with Gasteiger partial charge in [-0.05, 0) is 53.6 Å². The molecule has 6 aromatic rings. The zero-order valence-electron chi connectivity index (χ0n) is 20.9. The molecule has 3 aromatic carbocycles. The molecule has 3 heterocycles. The smallest absolute Gasteiger partial charge is 0.328 e. The lowest BCUT2D eigenvalue weighted by molar-refractivity contribution is -0.114. The first-order valence-electron chi connectivity index (χ1n) is 11.8. The number of benzene rings is 3. The van der Waals surface area contributed by atoms with Gasteiger partial charge in [0.25, 0.3) is 0 Å². The van der Waals surface area contributed by atoms with E-state index in [2.05, 4.69) is 33.1 Å². The van der Waals surface area contributed by atoms with E-state index >= 15 is 0 Å². The van der Waals surface area contributed by atoms with Crippen LogP contribution in [-0.4, -0.2) is 34.1 Å². The van der Waals surface area contributed by atoms with Crippen molar-refractivity contribution in [1.29, 1.82) is 0 Å². The molecule has 9 nitrogen and oxygen atoms in total. The maximum absolute atomic E-state index is 12.5. The molecular formula is C28H25N7O2. The highest BCUT2D eigenvalue weighted by atomic mass is 16.2. The predicted molar refractivity (Wildman–Crippen MR) is 145 cm³/mol. The summed E-state index contributed by atoms with van der Waals surface area (Å²) in [4.78, 5) is 33.4. The number of carbonyl (C=O) groups excluding carboxylic acids is 1. The van der Waals surface area contributed by atoms with Crippen LogP contribution in [0, 0.1) is 0 Å². The van der Waals surface area contributed by atoms with Crippen LogP contribution in [0.2, 0.25) is 0 Å². The van der Waals surface area contributed by atoms with Gasteiger partial charge >= 0.3 is 5.69 Å². The molecule has 9 heteroatoms. The maximum Gasteiger partial charge on any atom is 0.328 e. The van der Waals surface area contributed by atoms with Gasteiger partial charge in [0.15, 0.2) is 5.82 Å². The Kier molecular flexibility index (Phi) is 5.08. The first kappa shape index (κ1) is 22.5. The van der Waals surface area contributed by atoms with Crippen molar-refractivity contribution in [2.75, 3.05) is 5.32 Å². The van der Waals surface area contributed by atoms with Gasteiger partial charge < -0.3 is 9.88 Å². The molecule has 0 saturated heterocycles. The van der Waals surface area contributed by atoms with Gasteiger partial charge in [0.1, 0.15) is 5.69 Å². The Balaban J connectivity index is 1.57. The largest absolute Gasteiger partial charge is 0.331 e. The highest BCUT2D eigenvalue weighted by Crippen LogP contribution is 2.32. The first-order chi connectivity index (χ1) is 17.8. The number of rotatable bonds is 4. The topological polar surface area (TPSA) is 91.7 Å². The molecule has 1 N–H and O–H groups in total. The predicted octanol–water partition coefficient (Wildman–Crippen LogP) is 4.24. The second kappa shape index (κ2) is 8.34. The highest BCUT2D eigenvalue weighted by molar-refractivity contribution is 5.91. The summed E-state index contributed by atoms with van der Waals surface area (Å²) in [6, 6.07) is 19.9. The summed E-state index contributed by atoms with van der Waals surface area (Å²) in [7, 11) is 5.50. The van der Waals surface area contributed by atoms with Gasteiger partial charge in [0.2, 0.25) is 5.91 Å². The Hall–Kier alpha value is -4.92. The van der Waals surface area contributed by atoms with Crippen LogP contribution in [-0.2, 0) is 25.9 Å². The molecule has 0 aliphatic rings. The Morgan fingerprint density at radius 3 is 2.38 bits per heavy atom. The van der Waals surface area contributed by atoms with Gasteiger partial charge in [0.05, 0.1) is 34.6 Å². The highest BCUT2D eigenvalue weighted by Gasteiger charge is 2.19. The minimum Gasteiger partial charge on any atom is -0.331 e. The van der Waals surface area contributed by atoms with Crippen molar-refractivity contribution in [3.05, 3.63) is 83.7 Å². The lowest BCUT2D eigenvalue weighted by Crippen LogP contribution is -2.19. The molecule has 0 spiro atoms. The number of nitrogens with one attached hydrogen (secondary N) is 1. The summed E-state index contributed by atoms with van der Waals surface area (Å²) in [5.41, 5.74) is 7.86. The van der Waals surface area contributed by atoms with Crippen LogP contribution in [0.4, 0.5) is 5.69 Å². The van der Waals surface area contributed by atoms with Gasteiger partial charge in [-0.15, -0.1) is 0 Å². The number of hydrogen-bond donors (Lipinski definition) is 1. The lowest BCUT2D eigenvalue weighted by atomic mass is 10.0. The molecule has 37 heavy (non-hydrogen) atoms. The number of aromatic nitrogens is 6. The molecule has 1 amide bonds. The Labute approximate surface area is 212 Å². The third-order valence-electron chi connectivity index (χ3n) is 6.73. The summed E-state index contributed by atoms with van der Waals surface area (Å²) < 4.78 is 7.34. The quantitative estimate of drug-likeness (QED) is 0.399. The molecular weight excluding hydrogens is 466 g/mol. The number of anilines is 1. The number of carbonyl (C=O) groups is 1. The summed E-state index contributed by atoms with van der Waals surface area (Å²) in [6.45, 7) is 1.50. The number of aryl methyl sites for hydroxylation is 3. The Morgan fingerprint density at radius 1 is 0.865 bits per heavy atom. The minimum absolute atomic E-state index is 0.0689. The molecule has 0 aliphatic heterocycles.